The molecule has 3 heterocycles. The Balaban J connectivity index is 1.38. The van der Waals surface area contributed by atoms with E-state index >= 15 is 0 Å². The number of hydrogen-bond donors (Lipinski definition) is 1. The highest BCUT2D eigenvalue weighted by atomic mass is 16.5. The molecule has 1 N–H and O–H groups in total. The van der Waals surface area contributed by atoms with Gasteiger partial charge in [-0.3, -0.25) is 19.2 Å². The number of aromatic nitrogens is 3. The third-order valence-corrected chi connectivity index (χ3v) is 5.23. The molecule has 4 rings (SSSR count). The number of nitrogens with one attached hydrogen (secondary N) is 1. The molecule has 0 atom stereocenters. The summed E-state index contributed by atoms with van der Waals surface area (Å²) in [4.78, 5) is 33.0. The summed E-state index contributed by atoms with van der Waals surface area (Å²) in [7, 11) is 0. The lowest BCUT2D eigenvalue weighted by molar-refractivity contribution is 0.175. The highest BCUT2D eigenvalue weighted by Gasteiger charge is 2.22. The Morgan fingerprint density at radius 1 is 1.07 bits per heavy atom. The number of aryl methyl sites for hydroxylation is 1. The number of rotatable bonds is 5. The van der Waals surface area contributed by atoms with Gasteiger partial charge in [0.25, 0.3) is 5.56 Å². The Morgan fingerprint density at radius 3 is 2.59 bits per heavy atom. The lowest BCUT2D eigenvalue weighted by atomic mass is 10.0. The van der Waals surface area contributed by atoms with Crippen LogP contribution in [0.2, 0.25) is 0 Å². The van der Waals surface area contributed by atoms with Crippen LogP contribution in [-0.4, -0.2) is 32.5 Å². The molecule has 0 radical (unpaired) electrons. The van der Waals surface area contributed by atoms with Gasteiger partial charge in [-0.05, 0) is 38.0 Å². The van der Waals surface area contributed by atoms with Gasteiger partial charge < -0.3 is 4.74 Å². The van der Waals surface area contributed by atoms with Gasteiger partial charge in [-0.15, -0.1) is 0 Å². The van der Waals surface area contributed by atoms with Gasteiger partial charge in [0.1, 0.15) is 5.75 Å². The van der Waals surface area contributed by atoms with E-state index in [4.69, 9.17) is 4.74 Å². The van der Waals surface area contributed by atoms with Crippen molar-refractivity contribution < 1.29 is 4.74 Å². The molecule has 1 aromatic carbocycles. The van der Waals surface area contributed by atoms with Gasteiger partial charge >= 0.3 is 5.69 Å². The standard InChI is InChI=1S/C22H24N4O3/c1-16-14-26(22(28)24-21(16)27)18-10-12-25(13-11-18)15-17-6-5-9-20(23-17)29-19-7-3-2-4-8-19/h2-9,14,18H,10-13,15H2,1H3,(H,24,27,28). The van der Waals surface area contributed by atoms with Crippen LogP contribution >= 0.6 is 0 Å². The van der Waals surface area contributed by atoms with Crippen LogP contribution in [0.15, 0.2) is 64.3 Å². The van der Waals surface area contributed by atoms with Gasteiger partial charge in [0, 0.05) is 43.5 Å². The summed E-state index contributed by atoms with van der Waals surface area (Å²) >= 11 is 0. The number of nitrogens with zero attached hydrogens (tertiary/aromatic N) is 3. The van der Waals surface area contributed by atoms with Crippen LogP contribution in [0.4, 0.5) is 0 Å². The molecule has 7 nitrogen and oxygen atoms in total. The van der Waals surface area contributed by atoms with Gasteiger partial charge in [-0.2, -0.15) is 0 Å². The van der Waals surface area contributed by atoms with Crippen LogP contribution in [0.5, 0.6) is 11.6 Å². The summed E-state index contributed by atoms with van der Waals surface area (Å²) in [5.74, 6) is 1.35. The number of likely N-dealkylation sites (tertiary alicyclic amines) is 1. The van der Waals surface area contributed by atoms with Crippen LogP contribution < -0.4 is 16.0 Å². The van der Waals surface area contributed by atoms with Crippen molar-refractivity contribution in [3.05, 3.63) is 86.8 Å². The first-order chi connectivity index (χ1) is 14.1. The molecule has 0 bridgehead atoms. The maximum Gasteiger partial charge on any atom is 0.328 e. The first kappa shape index (κ1) is 19.1. The Bertz CT molecular complexity index is 1080. The monoisotopic (exact) mass is 392 g/mol. The summed E-state index contributed by atoms with van der Waals surface area (Å²) in [5.41, 5.74) is 0.874. The minimum absolute atomic E-state index is 0.106. The van der Waals surface area contributed by atoms with E-state index in [0.29, 0.717) is 11.4 Å². The van der Waals surface area contributed by atoms with Gasteiger partial charge in [-0.25, -0.2) is 9.78 Å². The van der Waals surface area contributed by atoms with Crippen molar-refractivity contribution >= 4 is 0 Å². The lowest BCUT2D eigenvalue weighted by Gasteiger charge is -2.32. The number of pyridine rings is 1. The van der Waals surface area contributed by atoms with E-state index in [9.17, 15) is 9.59 Å². The van der Waals surface area contributed by atoms with Crippen molar-refractivity contribution in [3.8, 4) is 11.6 Å². The zero-order valence-corrected chi connectivity index (χ0v) is 16.4. The quantitative estimate of drug-likeness (QED) is 0.722. The molecule has 7 heteroatoms. The summed E-state index contributed by atoms with van der Waals surface area (Å²) in [6, 6.07) is 15.5. The maximum absolute atomic E-state index is 12.1. The summed E-state index contributed by atoms with van der Waals surface area (Å²) in [6.45, 7) is 4.18. The predicted molar refractivity (Wildman–Crippen MR) is 110 cm³/mol. The van der Waals surface area contributed by atoms with E-state index in [-0.39, 0.29) is 17.3 Å². The fourth-order valence-electron chi connectivity index (χ4n) is 3.65. The molecule has 3 aromatic rings. The Hall–Kier alpha value is -3.19. The Labute approximate surface area is 168 Å². The summed E-state index contributed by atoms with van der Waals surface area (Å²) in [5, 5.41) is 0. The van der Waals surface area contributed by atoms with Gasteiger partial charge in [0.15, 0.2) is 0 Å². The van der Waals surface area contributed by atoms with Crippen molar-refractivity contribution in [2.75, 3.05) is 13.1 Å². The van der Waals surface area contributed by atoms with Crippen LogP contribution in [0.1, 0.15) is 30.1 Å². The molecule has 1 fully saturated rings. The number of H-pyrrole nitrogens is 1. The number of piperidine rings is 1. The first-order valence-electron chi connectivity index (χ1n) is 9.82. The van der Waals surface area contributed by atoms with Gasteiger partial charge in [0.05, 0.1) is 5.69 Å². The van der Waals surface area contributed by atoms with Crippen molar-refractivity contribution in [2.24, 2.45) is 0 Å². The highest BCUT2D eigenvalue weighted by Crippen LogP contribution is 2.23. The highest BCUT2D eigenvalue weighted by molar-refractivity contribution is 5.27. The third kappa shape index (κ3) is 4.63. The molecule has 0 amide bonds. The van der Waals surface area contributed by atoms with Crippen molar-refractivity contribution in [1.29, 1.82) is 0 Å². The number of ether oxygens (including phenoxy) is 1. The molecular weight excluding hydrogens is 368 g/mol. The van der Waals surface area contributed by atoms with E-state index in [1.54, 1.807) is 17.7 Å². The molecule has 0 aliphatic carbocycles. The fraction of sp³-hybridized carbons (Fsp3) is 0.318. The number of benzene rings is 1. The average Bonchev–Trinajstić information content (AvgIpc) is 2.72. The minimum atomic E-state index is -0.327. The maximum atomic E-state index is 12.1. The molecule has 1 aliphatic rings. The van der Waals surface area contributed by atoms with E-state index < -0.39 is 0 Å². The normalized spacial score (nSPS) is 15.3. The minimum Gasteiger partial charge on any atom is -0.439 e. The molecule has 29 heavy (non-hydrogen) atoms. The zero-order chi connectivity index (χ0) is 20.2. The van der Waals surface area contributed by atoms with Gasteiger partial charge in [0.2, 0.25) is 5.88 Å². The van der Waals surface area contributed by atoms with Crippen LogP contribution in [-0.2, 0) is 6.54 Å². The third-order valence-electron chi connectivity index (χ3n) is 5.23. The zero-order valence-electron chi connectivity index (χ0n) is 16.4. The summed E-state index contributed by atoms with van der Waals surface area (Å²) < 4.78 is 7.49. The van der Waals surface area contributed by atoms with Crippen molar-refractivity contribution in [2.45, 2.75) is 32.4 Å². The predicted octanol–water partition coefficient (Wildman–Crippen LogP) is 2.87. The Morgan fingerprint density at radius 2 is 1.83 bits per heavy atom. The van der Waals surface area contributed by atoms with Crippen molar-refractivity contribution in [1.82, 2.24) is 19.4 Å². The molecule has 1 saturated heterocycles. The van der Waals surface area contributed by atoms with Crippen LogP contribution in [0.25, 0.3) is 0 Å². The van der Waals surface area contributed by atoms with Crippen LogP contribution in [0, 0.1) is 6.92 Å². The average molecular weight is 392 g/mol. The van der Waals surface area contributed by atoms with E-state index in [0.717, 1.165) is 43.9 Å². The molecule has 0 unspecified atom stereocenters. The smallest absolute Gasteiger partial charge is 0.328 e. The SMILES string of the molecule is Cc1cn(C2CCN(Cc3cccc(Oc4ccccc4)n3)CC2)c(=O)[nH]c1=O. The first-order valence-corrected chi connectivity index (χ1v) is 9.82. The van der Waals surface area contributed by atoms with Crippen molar-refractivity contribution in [3.63, 3.8) is 0 Å². The topological polar surface area (TPSA) is 80.2 Å². The fourth-order valence-corrected chi connectivity index (χ4v) is 3.65. The molecule has 0 spiro atoms. The molecular formula is C22H24N4O3. The van der Waals surface area contributed by atoms with Crippen LogP contribution in [0.3, 0.4) is 0 Å². The van der Waals surface area contributed by atoms with Gasteiger partial charge in [-0.1, -0.05) is 24.3 Å². The van der Waals surface area contributed by atoms with E-state index in [1.807, 2.05) is 48.5 Å². The lowest BCUT2D eigenvalue weighted by Crippen LogP contribution is -2.39. The molecule has 0 saturated carbocycles. The second kappa shape index (κ2) is 8.45. The number of aromatic amines is 1. The second-order valence-electron chi connectivity index (χ2n) is 7.37. The largest absolute Gasteiger partial charge is 0.439 e. The molecule has 1 aliphatic heterocycles. The number of hydrogen-bond acceptors (Lipinski definition) is 5. The van der Waals surface area contributed by atoms with E-state index in [2.05, 4.69) is 14.9 Å². The second-order valence-corrected chi connectivity index (χ2v) is 7.37. The number of para-hydroxylation sites is 1. The molecule has 150 valence electrons. The molecule has 2 aromatic heterocycles. The van der Waals surface area contributed by atoms with E-state index in [1.165, 1.54) is 0 Å². The summed E-state index contributed by atoms with van der Waals surface area (Å²) in [6.07, 6.45) is 3.38. The Kier molecular flexibility index (Phi) is 5.57.